The van der Waals surface area contributed by atoms with Crippen molar-refractivity contribution in [1.29, 1.82) is 0 Å². The Bertz CT molecular complexity index is 831. The molecule has 142 valence electrons. The van der Waals surface area contributed by atoms with Crippen LogP contribution in [-0.2, 0) is 9.53 Å². The normalized spacial score (nSPS) is 13.5. The van der Waals surface area contributed by atoms with Crippen molar-refractivity contribution < 1.29 is 68.4 Å². The van der Waals surface area contributed by atoms with Crippen molar-refractivity contribution in [1.82, 2.24) is 0 Å². The first-order chi connectivity index (χ1) is 12.9. The SMILES string of the molecule is COCC(O)CO.O=C/C=C(\[O-])c1cc2c(o1)C(=O)c1ccccc1C2=O.[Na+]. The van der Waals surface area contributed by atoms with Crippen LogP contribution in [0.3, 0.4) is 0 Å². The standard InChI is InChI=1S/C15H8O5.C4H10O3.Na/c16-6-5-11(17)12-7-10-13(18)8-3-1-2-4-9(8)14(19)15(10)20-12;1-7-3-4(6)2-5;/h1-7,17H;4-6H,2-3H2,1H3;/q;;+1/p-1/b11-5-;;. The minimum Gasteiger partial charge on any atom is -0.870 e. The van der Waals surface area contributed by atoms with Crippen LogP contribution in [0.4, 0.5) is 0 Å². The molecule has 0 amide bonds. The van der Waals surface area contributed by atoms with Gasteiger partial charge in [-0.05, 0) is 12.1 Å². The number of aliphatic hydroxyl groups is 2. The molecule has 0 fully saturated rings. The van der Waals surface area contributed by atoms with E-state index in [0.717, 1.165) is 6.08 Å². The van der Waals surface area contributed by atoms with E-state index in [9.17, 15) is 19.5 Å². The molecule has 1 unspecified atom stereocenters. The molecule has 0 aliphatic heterocycles. The zero-order chi connectivity index (χ0) is 20.0. The monoisotopic (exact) mass is 396 g/mol. The number of benzene rings is 1. The Hall–Kier alpha value is -2.07. The number of hydrogen-bond donors (Lipinski definition) is 2. The molecule has 0 radical (unpaired) electrons. The molecule has 1 aromatic heterocycles. The van der Waals surface area contributed by atoms with Gasteiger partial charge in [-0.3, -0.25) is 14.4 Å². The summed E-state index contributed by atoms with van der Waals surface area (Å²) in [6.07, 6.45) is 0.374. The number of ketones is 2. The first-order valence-corrected chi connectivity index (χ1v) is 7.87. The Balaban J connectivity index is 0.000000425. The van der Waals surface area contributed by atoms with Gasteiger partial charge in [0.1, 0.15) is 18.2 Å². The molecule has 8 nitrogen and oxygen atoms in total. The van der Waals surface area contributed by atoms with Crippen molar-refractivity contribution >= 4 is 23.6 Å². The van der Waals surface area contributed by atoms with Gasteiger partial charge in [0.15, 0.2) is 11.5 Å². The molecule has 1 aromatic carbocycles. The summed E-state index contributed by atoms with van der Waals surface area (Å²) < 4.78 is 9.63. The Morgan fingerprint density at radius 3 is 2.32 bits per heavy atom. The van der Waals surface area contributed by atoms with Crippen LogP contribution in [0.2, 0.25) is 0 Å². The van der Waals surface area contributed by atoms with Crippen LogP contribution in [0.25, 0.3) is 5.76 Å². The summed E-state index contributed by atoms with van der Waals surface area (Å²) in [5.74, 6) is -1.85. The molecule has 2 aromatic rings. The second-order valence-corrected chi connectivity index (χ2v) is 5.52. The molecule has 0 spiro atoms. The van der Waals surface area contributed by atoms with E-state index in [1.54, 1.807) is 18.2 Å². The van der Waals surface area contributed by atoms with Crippen molar-refractivity contribution in [3.8, 4) is 0 Å². The number of fused-ring (bicyclic) bond motifs is 2. The van der Waals surface area contributed by atoms with Crippen molar-refractivity contribution in [3.05, 3.63) is 64.6 Å². The molecule has 9 heteroatoms. The maximum Gasteiger partial charge on any atom is 1.00 e. The summed E-state index contributed by atoms with van der Waals surface area (Å²) in [5.41, 5.74) is 0.582. The Morgan fingerprint density at radius 1 is 1.21 bits per heavy atom. The predicted molar refractivity (Wildman–Crippen MR) is 91.0 cm³/mol. The van der Waals surface area contributed by atoms with Gasteiger partial charge in [0, 0.05) is 18.2 Å². The van der Waals surface area contributed by atoms with Gasteiger partial charge < -0.3 is 24.5 Å². The maximum absolute atomic E-state index is 12.2. The number of allylic oxidation sites excluding steroid dienone is 1. The van der Waals surface area contributed by atoms with Crippen LogP contribution >= 0.6 is 0 Å². The molecule has 0 saturated heterocycles. The van der Waals surface area contributed by atoms with E-state index in [0.29, 0.717) is 6.29 Å². The number of hydrogen-bond acceptors (Lipinski definition) is 8. The molecule has 1 atom stereocenters. The number of rotatable bonds is 5. The second-order valence-electron chi connectivity index (χ2n) is 5.52. The third-order valence-corrected chi connectivity index (χ3v) is 3.63. The summed E-state index contributed by atoms with van der Waals surface area (Å²) in [6, 6.07) is 7.57. The van der Waals surface area contributed by atoms with Crippen LogP contribution in [-0.4, -0.2) is 54.5 Å². The van der Waals surface area contributed by atoms with E-state index in [4.69, 9.17) is 14.6 Å². The van der Waals surface area contributed by atoms with Crippen LogP contribution < -0.4 is 34.7 Å². The molecule has 0 saturated carbocycles. The van der Waals surface area contributed by atoms with Crippen molar-refractivity contribution in [2.75, 3.05) is 20.3 Å². The second kappa shape index (κ2) is 11.1. The van der Waals surface area contributed by atoms with E-state index in [2.05, 4.69) is 4.74 Å². The average molecular weight is 396 g/mol. The number of ether oxygens (including phenoxy) is 1. The molecule has 1 aliphatic carbocycles. The van der Waals surface area contributed by atoms with Gasteiger partial charge in [-0.15, -0.1) is 0 Å². The summed E-state index contributed by atoms with van der Waals surface area (Å²) in [5, 5.41) is 28.2. The smallest absolute Gasteiger partial charge is 0.870 e. The Kier molecular flexibility index (Phi) is 9.47. The fourth-order valence-electron chi connectivity index (χ4n) is 2.39. The van der Waals surface area contributed by atoms with Crippen LogP contribution in [0.15, 0.2) is 40.8 Å². The fraction of sp³-hybridized carbons (Fsp3) is 0.211. The third-order valence-electron chi connectivity index (χ3n) is 3.63. The first-order valence-electron chi connectivity index (χ1n) is 7.87. The topological polar surface area (TPSA) is 137 Å². The molecule has 28 heavy (non-hydrogen) atoms. The van der Waals surface area contributed by atoms with E-state index >= 15 is 0 Å². The van der Waals surface area contributed by atoms with Gasteiger partial charge in [0.05, 0.1) is 18.8 Å². The largest absolute Gasteiger partial charge is 1.00 e. The Morgan fingerprint density at radius 2 is 1.82 bits per heavy atom. The number of carbonyl (C=O) groups is 3. The van der Waals surface area contributed by atoms with Crippen LogP contribution in [0, 0.1) is 0 Å². The number of aliphatic hydroxyl groups excluding tert-OH is 2. The van der Waals surface area contributed by atoms with Gasteiger partial charge in [-0.1, -0.05) is 30.0 Å². The minimum atomic E-state index is -0.718. The van der Waals surface area contributed by atoms with Crippen molar-refractivity contribution in [3.63, 3.8) is 0 Å². The van der Waals surface area contributed by atoms with E-state index in [1.165, 1.54) is 19.2 Å². The van der Waals surface area contributed by atoms with Gasteiger partial charge in [0.25, 0.3) is 0 Å². The zero-order valence-electron chi connectivity index (χ0n) is 15.4. The number of furan rings is 1. The third kappa shape index (κ3) is 5.26. The maximum atomic E-state index is 12.2. The molecule has 0 bridgehead atoms. The van der Waals surface area contributed by atoms with E-state index < -0.39 is 17.6 Å². The van der Waals surface area contributed by atoms with Gasteiger partial charge in [0.2, 0.25) is 5.78 Å². The molecule has 2 N–H and O–H groups in total. The summed E-state index contributed by atoms with van der Waals surface area (Å²) in [7, 11) is 1.47. The quantitative estimate of drug-likeness (QED) is 0.201. The number of methoxy groups -OCH3 is 1. The summed E-state index contributed by atoms with van der Waals surface area (Å²) in [4.78, 5) is 34.7. The van der Waals surface area contributed by atoms with Crippen LogP contribution in [0.1, 0.15) is 37.8 Å². The summed E-state index contributed by atoms with van der Waals surface area (Å²) in [6.45, 7) is -0.0235. The van der Waals surface area contributed by atoms with Crippen molar-refractivity contribution in [2.45, 2.75) is 6.10 Å². The predicted octanol–water partition coefficient (Wildman–Crippen LogP) is -3.05. The van der Waals surface area contributed by atoms with E-state index in [-0.39, 0.29) is 76.8 Å². The van der Waals surface area contributed by atoms with Gasteiger partial charge in [-0.25, -0.2) is 0 Å². The van der Waals surface area contributed by atoms with Crippen LogP contribution in [0.5, 0.6) is 0 Å². The average Bonchev–Trinajstić information content (AvgIpc) is 3.13. The summed E-state index contributed by atoms with van der Waals surface area (Å²) >= 11 is 0. The van der Waals surface area contributed by atoms with Gasteiger partial charge >= 0.3 is 29.6 Å². The fourth-order valence-corrected chi connectivity index (χ4v) is 2.39. The molecular formula is C19H17NaO8. The van der Waals surface area contributed by atoms with Gasteiger partial charge in [-0.2, -0.15) is 0 Å². The minimum absolute atomic E-state index is 0. The van der Waals surface area contributed by atoms with Crippen molar-refractivity contribution in [2.24, 2.45) is 0 Å². The number of carbonyl (C=O) groups excluding carboxylic acids is 3. The molecule has 1 aliphatic rings. The number of aldehydes is 1. The van der Waals surface area contributed by atoms with E-state index in [1.807, 2.05) is 0 Å². The molecule has 1 heterocycles. The molecular weight excluding hydrogens is 379 g/mol. The zero-order valence-corrected chi connectivity index (χ0v) is 17.4. The molecule has 3 rings (SSSR count). The Labute approximate surface area is 182 Å². The first kappa shape index (κ1) is 24.0.